The molecule has 4 rings (SSSR count). The van der Waals surface area contributed by atoms with E-state index in [1.165, 1.54) is 30.7 Å². The van der Waals surface area contributed by atoms with E-state index in [-0.39, 0.29) is 11.5 Å². The van der Waals surface area contributed by atoms with Gasteiger partial charge in [0.2, 0.25) is 5.95 Å². The zero-order valence-corrected chi connectivity index (χ0v) is 15.1. The molecule has 0 aliphatic heterocycles. The molecule has 0 spiro atoms. The van der Waals surface area contributed by atoms with Crippen molar-refractivity contribution in [2.45, 2.75) is 6.18 Å². The molecule has 3 heterocycles. The number of benzene rings is 1. The Morgan fingerprint density at radius 1 is 0.933 bits per heavy atom. The van der Waals surface area contributed by atoms with Gasteiger partial charge in [0.15, 0.2) is 5.65 Å². The molecule has 2 N–H and O–H groups in total. The first-order valence-electron chi connectivity index (χ1n) is 8.53. The first kappa shape index (κ1) is 19.0. The van der Waals surface area contributed by atoms with Crippen LogP contribution in [0, 0.1) is 23.2 Å². The summed E-state index contributed by atoms with van der Waals surface area (Å²) in [6.07, 6.45) is 1.73. The molecule has 0 amide bonds. The molecular weight excluding hydrogens is 393 g/mol. The second-order valence-electron chi connectivity index (χ2n) is 6.25. The van der Waals surface area contributed by atoms with E-state index < -0.39 is 11.7 Å². The molecule has 1 aromatic carbocycles. The van der Waals surface area contributed by atoms with E-state index >= 15 is 0 Å². The van der Waals surface area contributed by atoms with Crippen LogP contribution in [0.25, 0.3) is 16.8 Å². The maximum atomic E-state index is 12.8. The van der Waals surface area contributed by atoms with Crippen LogP contribution in [0.15, 0.2) is 55.1 Å². The van der Waals surface area contributed by atoms with Gasteiger partial charge < -0.3 is 5.73 Å². The zero-order valence-electron chi connectivity index (χ0n) is 15.1. The highest BCUT2D eigenvalue weighted by molar-refractivity contribution is 5.70. The molecule has 0 aliphatic rings. The Balaban J connectivity index is 1.79. The Hall–Kier alpha value is -4.37. The number of nitrogen functional groups attached to an aromatic ring is 1. The second kappa shape index (κ2) is 7.22. The van der Waals surface area contributed by atoms with Gasteiger partial charge in [-0.25, -0.2) is 15.0 Å². The normalized spacial score (nSPS) is 11.0. The van der Waals surface area contributed by atoms with Crippen LogP contribution in [0.1, 0.15) is 22.4 Å². The Bertz CT molecular complexity index is 1330. The highest BCUT2D eigenvalue weighted by Crippen LogP contribution is 2.31. The first-order chi connectivity index (χ1) is 14.3. The number of nitriles is 1. The van der Waals surface area contributed by atoms with Gasteiger partial charge in [-0.3, -0.25) is 4.40 Å². The zero-order chi connectivity index (χ0) is 21.3. The molecule has 30 heavy (non-hydrogen) atoms. The van der Waals surface area contributed by atoms with Gasteiger partial charge in [0, 0.05) is 18.6 Å². The third-order valence-electron chi connectivity index (χ3n) is 4.28. The van der Waals surface area contributed by atoms with E-state index in [0.717, 1.165) is 12.1 Å². The molecule has 0 unspecified atom stereocenters. The molecule has 3 aromatic heterocycles. The molecule has 0 saturated carbocycles. The van der Waals surface area contributed by atoms with Crippen LogP contribution in [-0.4, -0.2) is 19.4 Å². The summed E-state index contributed by atoms with van der Waals surface area (Å²) in [5.41, 5.74) is 7.50. The van der Waals surface area contributed by atoms with Crippen LogP contribution in [0.5, 0.6) is 0 Å². The van der Waals surface area contributed by atoms with Gasteiger partial charge in [-0.1, -0.05) is 18.1 Å². The van der Waals surface area contributed by atoms with Gasteiger partial charge in [-0.05, 0) is 35.2 Å². The van der Waals surface area contributed by atoms with Crippen LogP contribution in [0.2, 0.25) is 0 Å². The molecule has 0 atom stereocenters. The average Bonchev–Trinajstić information content (AvgIpc) is 3.15. The largest absolute Gasteiger partial charge is 0.416 e. The summed E-state index contributed by atoms with van der Waals surface area (Å²) in [6.45, 7) is 0. The van der Waals surface area contributed by atoms with Gasteiger partial charge in [-0.15, -0.1) is 0 Å². The summed E-state index contributed by atoms with van der Waals surface area (Å²) in [7, 11) is 0. The molecule has 0 bridgehead atoms. The lowest BCUT2D eigenvalue weighted by atomic mass is 10.0. The van der Waals surface area contributed by atoms with Crippen molar-refractivity contribution in [2.75, 3.05) is 5.73 Å². The average molecular weight is 404 g/mol. The van der Waals surface area contributed by atoms with Gasteiger partial charge in [-0.2, -0.15) is 18.4 Å². The number of aromatic nitrogens is 4. The first-order valence-corrected chi connectivity index (χ1v) is 8.53. The van der Waals surface area contributed by atoms with E-state index in [4.69, 9.17) is 5.73 Å². The van der Waals surface area contributed by atoms with Gasteiger partial charge in [0.1, 0.15) is 11.8 Å². The van der Waals surface area contributed by atoms with Crippen molar-refractivity contribution in [3.05, 3.63) is 77.5 Å². The van der Waals surface area contributed by atoms with E-state index in [1.54, 1.807) is 16.7 Å². The fourth-order valence-electron chi connectivity index (χ4n) is 2.81. The number of hydrogen-bond donors (Lipinski definition) is 1. The number of nitrogens with zero attached hydrogens (tertiary/aromatic N) is 5. The second-order valence-corrected chi connectivity index (χ2v) is 6.25. The summed E-state index contributed by atoms with van der Waals surface area (Å²) < 4.78 is 40.1. The Morgan fingerprint density at radius 3 is 2.27 bits per heavy atom. The van der Waals surface area contributed by atoms with E-state index in [0.29, 0.717) is 28.0 Å². The predicted molar refractivity (Wildman–Crippen MR) is 103 cm³/mol. The Morgan fingerprint density at radius 2 is 1.63 bits per heavy atom. The molecule has 0 radical (unpaired) electrons. The number of fused-ring (bicyclic) bond motifs is 1. The molecule has 146 valence electrons. The van der Waals surface area contributed by atoms with Crippen LogP contribution in [0.4, 0.5) is 19.1 Å². The molecule has 6 nitrogen and oxygen atoms in total. The number of nitrogens with two attached hydrogens (primary N) is 1. The maximum absolute atomic E-state index is 12.8. The molecule has 0 aliphatic carbocycles. The summed E-state index contributed by atoms with van der Waals surface area (Å²) in [5.74, 6) is 5.96. The summed E-state index contributed by atoms with van der Waals surface area (Å²) in [4.78, 5) is 12.0. The summed E-state index contributed by atoms with van der Waals surface area (Å²) in [5, 5.41) is 9.48. The van der Waals surface area contributed by atoms with Crippen LogP contribution in [0.3, 0.4) is 0 Å². The molecule has 0 saturated heterocycles. The minimum atomic E-state index is -4.42. The van der Waals surface area contributed by atoms with Crippen molar-refractivity contribution in [1.82, 2.24) is 19.4 Å². The van der Waals surface area contributed by atoms with Gasteiger partial charge in [0.25, 0.3) is 0 Å². The van der Waals surface area contributed by atoms with Crippen molar-refractivity contribution >= 4 is 11.6 Å². The third-order valence-corrected chi connectivity index (χ3v) is 4.28. The number of hydrogen-bond acceptors (Lipinski definition) is 5. The fraction of sp³-hybridized carbons (Fsp3) is 0.0476. The van der Waals surface area contributed by atoms with Crippen molar-refractivity contribution < 1.29 is 13.2 Å². The number of imidazole rings is 1. The lowest BCUT2D eigenvalue weighted by Crippen LogP contribution is -2.04. The standard InChI is InChI=1S/C21H11F3N6/c22-21(23,24)17-4-2-14(3-5-17)16-7-15(8-25)19-27-11-18(30(19)12-16)6-1-13-9-28-20(26)29-10-13/h2-5,7,9-12H,(H2,26,28,29). The predicted octanol–water partition coefficient (Wildman–Crippen LogP) is 3.66. The number of halogens is 3. The highest BCUT2D eigenvalue weighted by Gasteiger charge is 2.30. The van der Waals surface area contributed by atoms with Crippen LogP contribution < -0.4 is 5.73 Å². The highest BCUT2D eigenvalue weighted by atomic mass is 19.4. The van der Waals surface area contributed by atoms with Gasteiger partial charge in [0.05, 0.1) is 22.9 Å². The number of pyridine rings is 1. The summed E-state index contributed by atoms with van der Waals surface area (Å²) in [6, 6.07) is 8.37. The lowest BCUT2D eigenvalue weighted by Gasteiger charge is -2.09. The molecular formula is C21H11F3N6. The van der Waals surface area contributed by atoms with Crippen molar-refractivity contribution in [1.29, 1.82) is 5.26 Å². The maximum Gasteiger partial charge on any atom is 0.416 e. The minimum Gasteiger partial charge on any atom is -0.368 e. The third kappa shape index (κ3) is 3.64. The topological polar surface area (TPSA) is 92.9 Å². The SMILES string of the molecule is N#Cc1cc(-c2ccc(C(F)(F)F)cc2)cn2c(C#Cc3cnc(N)nc3)cnc12. The fourth-order valence-corrected chi connectivity index (χ4v) is 2.81. The van der Waals surface area contributed by atoms with E-state index in [2.05, 4.69) is 32.9 Å². The lowest BCUT2D eigenvalue weighted by molar-refractivity contribution is -0.137. The monoisotopic (exact) mass is 404 g/mol. The van der Waals surface area contributed by atoms with Crippen molar-refractivity contribution in [3.8, 4) is 29.0 Å². The number of alkyl halides is 3. The summed E-state index contributed by atoms with van der Waals surface area (Å²) >= 11 is 0. The number of anilines is 1. The van der Waals surface area contributed by atoms with Crippen LogP contribution in [-0.2, 0) is 6.18 Å². The van der Waals surface area contributed by atoms with Gasteiger partial charge >= 0.3 is 6.18 Å². The molecule has 4 aromatic rings. The molecule has 9 heteroatoms. The van der Waals surface area contributed by atoms with Crippen molar-refractivity contribution in [3.63, 3.8) is 0 Å². The molecule has 0 fully saturated rings. The van der Waals surface area contributed by atoms with Crippen LogP contribution >= 0.6 is 0 Å². The van der Waals surface area contributed by atoms with E-state index in [9.17, 15) is 18.4 Å². The Kier molecular flexibility index (Phi) is 4.57. The smallest absolute Gasteiger partial charge is 0.368 e. The Labute approximate surface area is 168 Å². The number of rotatable bonds is 1. The van der Waals surface area contributed by atoms with E-state index in [1.807, 2.05) is 0 Å². The minimum absolute atomic E-state index is 0.134. The van der Waals surface area contributed by atoms with Crippen molar-refractivity contribution in [2.24, 2.45) is 0 Å². The quantitative estimate of drug-likeness (QED) is 0.489.